The fraction of sp³-hybridized carbons (Fsp3) is 0.529. The summed E-state index contributed by atoms with van der Waals surface area (Å²) >= 11 is 1.64. The van der Waals surface area contributed by atoms with Crippen LogP contribution in [0.3, 0.4) is 0 Å². The predicted octanol–water partition coefficient (Wildman–Crippen LogP) is 3.58. The van der Waals surface area contributed by atoms with E-state index in [2.05, 4.69) is 37.7 Å². The number of hydrogen-bond acceptors (Lipinski definition) is 8. The molecule has 1 fully saturated rings. The van der Waals surface area contributed by atoms with E-state index in [0.29, 0.717) is 17.6 Å². The molecule has 0 aromatic carbocycles. The van der Waals surface area contributed by atoms with Gasteiger partial charge in [-0.05, 0) is 50.5 Å². The van der Waals surface area contributed by atoms with E-state index >= 15 is 0 Å². The largest absolute Gasteiger partial charge is 0.381 e. The summed E-state index contributed by atoms with van der Waals surface area (Å²) in [7, 11) is 0. The second kappa shape index (κ2) is 6.68. The molecule has 1 N–H and O–H groups in total. The summed E-state index contributed by atoms with van der Waals surface area (Å²) in [6.07, 6.45) is 1.91. The first-order valence-corrected chi connectivity index (χ1v) is 9.36. The van der Waals surface area contributed by atoms with Crippen LogP contribution in [0, 0.1) is 26.7 Å². The highest BCUT2D eigenvalue weighted by atomic mass is 32.1. The summed E-state index contributed by atoms with van der Waals surface area (Å²) in [6.45, 7) is 7.35. The minimum absolute atomic E-state index is 0.0816. The van der Waals surface area contributed by atoms with Gasteiger partial charge in [0.25, 0.3) is 0 Å². The third-order valence-electron chi connectivity index (χ3n) is 4.57. The number of aromatic nitrogens is 4. The molecule has 4 rings (SSSR count). The molecule has 0 unspecified atom stereocenters. The van der Waals surface area contributed by atoms with Crippen molar-refractivity contribution in [1.29, 1.82) is 0 Å². The standard InChI is InChI=1S/C17H21N5O2S/c1-9-8-25-17-13(9)15(18-10(2)20-17)21-14(12-4-6-23-7-5-12)16-19-11(3)22-24-16/h8,12,14H,4-7H2,1-3H3,(H,18,20,21)/t14-/m0/s1. The Morgan fingerprint density at radius 1 is 1.12 bits per heavy atom. The highest BCUT2D eigenvalue weighted by molar-refractivity contribution is 7.17. The number of ether oxygens (including phenoxy) is 1. The minimum Gasteiger partial charge on any atom is -0.381 e. The van der Waals surface area contributed by atoms with Crippen LogP contribution in [-0.2, 0) is 4.74 Å². The number of rotatable bonds is 4. The van der Waals surface area contributed by atoms with Gasteiger partial charge >= 0.3 is 0 Å². The summed E-state index contributed by atoms with van der Waals surface area (Å²) in [4.78, 5) is 14.7. The predicted molar refractivity (Wildman–Crippen MR) is 95.8 cm³/mol. The van der Waals surface area contributed by atoms with E-state index in [1.807, 2.05) is 13.8 Å². The summed E-state index contributed by atoms with van der Waals surface area (Å²) in [5.74, 6) is 3.21. The van der Waals surface area contributed by atoms with Crippen LogP contribution in [-0.4, -0.2) is 33.3 Å². The van der Waals surface area contributed by atoms with Crippen LogP contribution in [0.4, 0.5) is 5.82 Å². The highest BCUT2D eigenvalue weighted by Crippen LogP contribution is 2.36. The van der Waals surface area contributed by atoms with Crippen LogP contribution in [0.5, 0.6) is 0 Å². The second-order valence-electron chi connectivity index (χ2n) is 6.47. The van der Waals surface area contributed by atoms with Crippen molar-refractivity contribution in [3.63, 3.8) is 0 Å². The average molecular weight is 359 g/mol. The molecule has 0 bridgehead atoms. The fourth-order valence-electron chi connectivity index (χ4n) is 3.31. The van der Waals surface area contributed by atoms with E-state index in [0.717, 1.165) is 47.9 Å². The zero-order chi connectivity index (χ0) is 17.4. The molecule has 0 saturated carbocycles. The number of thiophene rings is 1. The van der Waals surface area contributed by atoms with Crippen molar-refractivity contribution in [2.24, 2.45) is 5.92 Å². The van der Waals surface area contributed by atoms with Crippen LogP contribution in [0.15, 0.2) is 9.90 Å². The molecule has 8 heteroatoms. The van der Waals surface area contributed by atoms with Gasteiger partial charge in [0.2, 0.25) is 5.89 Å². The fourth-order valence-corrected chi connectivity index (χ4v) is 4.28. The van der Waals surface area contributed by atoms with Crippen LogP contribution in [0.25, 0.3) is 10.2 Å². The van der Waals surface area contributed by atoms with E-state index < -0.39 is 0 Å². The Hall–Kier alpha value is -2.06. The van der Waals surface area contributed by atoms with Gasteiger partial charge in [0.05, 0.1) is 5.39 Å². The van der Waals surface area contributed by atoms with E-state index in [9.17, 15) is 0 Å². The smallest absolute Gasteiger partial charge is 0.249 e. The lowest BCUT2D eigenvalue weighted by Gasteiger charge is -2.29. The Bertz CT molecular complexity index is 884. The Labute approximate surface area is 149 Å². The first-order valence-electron chi connectivity index (χ1n) is 8.48. The Morgan fingerprint density at radius 3 is 2.64 bits per heavy atom. The van der Waals surface area contributed by atoms with Gasteiger partial charge in [0.15, 0.2) is 5.82 Å². The maximum absolute atomic E-state index is 5.52. The lowest BCUT2D eigenvalue weighted by molar-refractivity contribution is 0.0571. The normalized spacial score (nSPS) is 17.1. The van der Waals surface area contributed by atoms with Crippen molar-refractivity contribution in [3.05, 3.63) is 28.5 Å². The summed E-state index contributed by atoms with van der Waals surface area (Å²) in [5, 5.41) is 10.8. The van der Waals surface area contributed by atoms with Crippen molar-refractivity contribution < 1.29 is 9.26 Å². The molecule has 1 atom stereocenters. The summed E-state index contributed by atoms with van der Waals surface area (Å²) in [5.41, 5.74) is 1.18. The summed E-state index contributed by atoms with van der Waals surface area (Å²) < 4.78 is 11.0. The molecular formula is C17H21N5O2S. The van der Waals surface area contributed by atoms with Crippen LogP contribution < -0.4 is 5.32 Å². The second-order valence-corrected chi connectivity index (χ2v) is 7.33. The molecule has 1 aliphatic rings. The van der Waals surface area contributed by atoms with Crippen molar-refractivity contribution in [2.75, 3.05) is 18.5 Å². The molecule has 0 spiro atoms. The number of nitrogens with zero attached hydrogens (tertiary/aromatic N) is 4. The Morgan fingerprint density at radius 2 is 1.92 bits per heavy atom. The number of nitrogens with one attached hydrogen (secondary N) is 1. The number of anilines is 1. The minimum atomic E-state index is -0.0816. The van der Waals surface area contributed by atoms with Crippen molar-refractivity contribution in [2.45, 2.75) is 39.7 Å². The van der Waals surface area contributed by atoms with Gasteiger partial charge in [0.1, 0.15) is 22.5 Å². The quantitative estimate of drug-likeness (QED) is 0.762. The van der Waals surface area contributed by atoms with Crippen LogP contribution in [0.1, 0.15) is 42.0 Å². The molecule has 1 saturated heterocycles. The van der Waals surface area contributed by atoms with Gasteiger partial charge < -0.3 is 14.6 Å². The maximum atomic E-state index is 5.52. The van der Waals surface area contributed by atoms with E-state index in [4.69, 9.17) is 9.26 Å². The van der Waals surface area contributed by atoms with Crippen LogP contribution in [0.2, 0.25) is 0 Å². The van der Waals surface area contributed by atoms with Crippen LogP contribution >= 0.6 is 11.3 Å². The molecule has 0 aliphatic carbocycles. The van der Waals surface area contributed by atoms with Gasteiger partial charge in [-0.15, -0.1) is 11.3 Å². The van der Waals surface area contributed by atoms with Gasteiger partial charge in [-0.1, -0.05) is 5.16 Å². The first kappa shape index (κ1) is 16.4. The van der Waals surface area contributed by atoms with Crippen molar-refractivity contribution in [3.8, 4) is 0 Å². The molecule has 3 aromatic rings. The van der Waals surface area contributed by atoms with E-state index in [1.54, 1.807) is 11.3 Å². The van der Waals surface area contributed by atoms with Gasteiger partial charge in [-0.2, -0.15) is 4.98 Å². The Balaban J connectivity index is 1.74. The van der Waals surface area contributed by atoms with Crippen molar-refractivity contribution >= 4 is 27.4 Å². The third-order valence-corrected chi connectivity index (χ3v) is 5.56. The lowest BCUT2D eigenvalue weighted by atomic mass is 9.91. The van der Waals surface area contributed by atoms with Crippen molar-refractivity contribution in [1.82, 2.24) is 20.1 Å². The van der Waals surface area contributed by atoms with Gasteiger partial charge in [-0.3, -0.25) is 0 Å². The highest BCUT2D eigenvalue weighted by Gasteiger charge is 2.31. The first-order chi connectivity index (χ1) is 12.1. The molecular weight excluding hydrogens is 338 g/mol. The molecule has 1 aliphatic heterocycles. The lowest BCUT2D eigenvalue weighted by Crippen LogP contribution is -2.27. The van der Waals surface area contributed by atoms with Gasteiger partial charge in [-0.25, -0.2) is 9.97 Å². The molecule has 7 nitrogen and oxygen atoms in total. The molecule has 3 aromatic heterocycles. The Kier molecular flexibility index (Phi) is 4.39. The number of aryl methyl sites for hydroxylation is 3. The maximum Gasteiger partial charge on any atom is 0.249 e. The SMILES string of the molecule is Cc1noc([C@@H](Nc2nc(C)nc3scc(C)c23)C2CCOCC2)n1. The molecule has 0 radical (unpaired) electrons. The molecule has 132 valence electrons. The van der Waals surface area contributed by atoms with E-state index in [-0.39, 0.29) is 6.04 Å². The number of fused-ring (bicyclic) bond motifs is 1. The van der Waals surface area contributed by atoms with E-state index in [1.165, 1.54) is 5.56 Å². The van der Waals surface area contributed by atoms with Gasteiger partial charge in [0, 0.05) is 13.2 Å². The summed E-state index contributed by atoms with van der Waals surface area (Å²) in [6, 6.07) is -0.0816. The topological polar surface area (TPSA) is 86.0 Å². The zero-order valence-corrected chi connectivity index (χ0v) is 15.4. The molecule has 0 amide bonds. The zero-order valence-electron chi connectivity index (χ0n) is 14.6. The monoisotopic (exact) mass is 359 g/mol. The number of hydrogen-bond donors (Lipinski definition) is 1. The third kappa shape index (κ3) is 3.23. The molecule has 25 heavy (non-hydrogen) atoms. The molecule has 4 heterocycles. The average Bonchev–Trinajstić information content (AvgIpc) is 3.19.